The van der Waals surface area contributed by atoms with Gasteiger partial charge in [0.2, 0.25) is 0 Å². The molecular formula is C23H24N2O6S2. The monoisotopic (exact) mass is 488 g/mol. The average Bonchev–Trinajstić information content (AvgIpc) is 3.16. The number of nitrogens with zero attached hydrogens (tertiary/aromatic N) is 1. The first-order valence-corrected chi connectivity index (χ1v) is 13.5. The maximum Gasteiger partial charge on any atom is 0.509 e. The van der Waals surface area contributed by atoms with Crippen LogP contribution in [0.25, 0.3) is 5.57 Å². The van der Waals surface area contributed by atoms with Gasteiger partial charge in [0.25, 0.3) is 5.91 Å². The molecule has 3 fully saturated rings. The number of hydrogen-bond acceptors (Lipinski definition) is 8. The van der Waals surface area contributed by atoms with Crippen LogP contribution in [0.15, 0.2) is 40.6 Å². The third-order valence-electron chi connectivity index (χ3n) is 6.17. The number of carbonyl (C=O) groups is 2. The number of anilines is 1. The van der Waals surface area contributed by atoms with Crippen LogP contribution in [0.5, 0.6) is 0 Å². The summed E-state index contributed by atoms with van der Waals surface area (Å²) in [7, 11) is -3.28. The van der Waals surface area contributed by atoms with E-state index in [-0.39, 0.29) is 17.8 Å². The number of carbonyl (C=O) groups excluding carboxylic acids is 2. The molecule has 5 rings (SSSR count). The first-order chi connectivity index (χ1) is 15.9. The molecule has 8 nitrogen and oxygen atoms in total. The molecule has 1 aromatic heterocycles. The molecule has 2 aliphatic carbocycles. The minimum Gasteiger partial charge on any atom is -0.430 e. The summed E-state index contributed by atoms with van der Waals surface area (Å²) >= 11 is 1.24. The van der Waals surface area contributed by atoms with Gasteiger partial charge in [-0.2, -0.15) is 0 Å². The van der Waals surface area contributed by atoms with E-state index in [4.69, 9.17) is 9.47 Å². The van der Waals surface area contributed by atoms with E-state index in [0.29, 0.717) is 45.6 Å². The molecule has 0 bridgehead atoms. The predicted octanol–water partition coefficient (Wildman–Crippen LogP) is 4.50. The van der Waals surface area contributed by atoms with Crippen LogP contribution in [0.2, 0.25) is 0 Å². The highest BCUT2D eigenvalue weighted by Crippen LogP contribution is 2.35. The number of ether oxygens (including phenoxy) is 2. The number of benzene rings is 1. The first-order valence-electron chi connectivity index (χ1n) is 11.1. The number of thiazole rings is 1. The highest BCUT2D eigenvalue weighted by Gasteiger charge is 2.37. The second kappa shape index (κ2) is 8.90. The topological polar surface area (TPSA) is 112 Å². The van der Waals surface area contributed by atoms with Gasteiger partial charge in [0.1, 0.15) is 6.61 Å². The Labute approximate surface area is 195 Å². The third-order valence-corrected chi connectivity index (χ3v) is 9.22. The van der Waals surface area contributed by atoms with E-state index in [1.54, 1.807) is 29.6 Å². The van der Waals surface area contributed by atoms with Crippen molar-refractivity contribution >= 4 is 43.9 Å². The molecule has 1 amide bonds. The average molecular weight is 489 g/mol. The second-order valence-electron chi connectivity index (χ2n) is 8.59. The highest BCUT2D eigenvalue weighted by molar-refractivity contribution is 7.92. The van der Waals surface area contributed by atoms with Gasteiger partial charge in [0.05, 0.1) is 15.8 Å². The van der Waals surface area contributed by atoms with Gasteiger partial charge in [-0.3, -0.25) is 10.1 Å². The fourth-order valence-electron chi connectivity index (χ4n) is 4.19. The lowest BCUT2D eigenvalue weighted by atomic mass is 9.98. The van der Waals surface area contributed by atoms with Crippen LogP contribution >= 0.6 is 11.3 Å². The van der Waals surface area contributed by atoms with E-state index < -0.39 is 22.1 Å². The van der Waals surface area contributed by atoms with Crippen LogP contribution in [-0.2, 0) is 24.1 Å². The lowest BCUT2D eigenvalue weighted by molar-refractivity contribution is -0.111. The summed E-state index contributed by atoms with van der Waals surface area (Å²) in [6.07, 6.45) is 6.43. The number of cyclic esters (lactones) is 2. The zero-order chi connectivity index (χ0) is 23.0. The van der Waals surface area contributed by atoms with E-state index in [1.807, 2.05) is 6.08 Å². The van der Waals surface area contributed by atoms with E-state index >= 15 is 0 Å². The molecule has 2 aromatic rings. The standard InChI is InChI=1S/C23H24N2O6S2/c26-21(25-22-24-19(13-32-22)20-12-30-23(27)31-20)18(11-14-3-1-2-4-14)15-5-7-16(8-6-15)33(28,29)17-9-10-17/h5-8,11,13-14,17,20H,1-4,9-10,12H2,(H,24,25,26). The summed E-state index contributed by atoms with van der Waals surface area (Å²) in [5.41, 5.74) is 1.70. The van der Waals surface area contributed by atoms with E-state index in [9.17, 15) is 18.0 Å². The Morgan fingerprint density at radius 2 is 1.85 bits per heavy atom. The molecular weight excluding hydrogens is 464 g/mol. The third kappa shape index (κ3) is 4.81. The maximum absolute atomic E-state index is 13.2. The molecule has 33 heavy (non-hydrogen) atoms. The summed E-state index contributed by atoms with van der Waals surface area (Å²) in [6.45, 7) is 0.0961. The number of sulfone groups is 1. The molecule has 0 spiro atoms. The Morgan fingerprint density at radius 1 is 1.12 bits per heavy atom. The van der Waals surface area contributed by atoms with Crippen molar-refractivity contribution < 1.29 is 27.5 Å². The molecule has 1 unspecified atom stereocenters. The largest absolute Gasteiger partial charge is 0.509 e. The quantitative estimate of drug-likeness (QED) is 0.451. The molecule has 1 aliphatic heterocycles. The first kappa shape index (κ1) is 22.1. The Morgan fingerprint density at radius 3 is 2.48 bits per heavy atom. The van der Waals surface area contributed by atoms with Crippen molar-refractivity contribution in [1.29, 1.82) is 0 Å². The van der Waals surface area contributed by atoms with Gasteiger partial charge in [0.15, 0.2) is 21.1 Å². The summed E-state index contributed by atoms with van der Waals surface area (Å²) in [5.74, 6) is 0.00259. The molecule has 1 saturated heterocycles. The van der Waals surface area contributed by atoms with Crippen LogP contribution in [0, 0.1) is 5.92 Å². The highest BCUT2D eigenvalue weighted by atomic mass is 32.2. The van der Waals surface area contributed by atoms with E-state index in [1.165, 1.54) is 11.3 Å². The van der Waals surface area contributed by atoms with Crippen molar-refractivity contribution in [2.75, 3.05) is 11.9 Å². The van der Waals surface area contributed by atoms with Crippen molar-refractivity contribution in [3.63, 3.8) is 0 Å². The van der Waals surface area contributed by atoms with Crippen molar-refractivity contribution in [1.82, 2.24) is 4.98 Å². The summed E-state index contributed by atoms with van der Waals surface area (Å²) in [5, 5.41) is 4.68. The lowest BCUT2D eigenvalue weighted by Gasteiger charge is -2.12. The van der Waals surface area contributed by atoms with Gasteiger partial charge in [-0.05, 0) is 49.3 Å². The molecule has 1 aromatic carbocycles. The Balaban J connectivity index is 1.37. The van der Waals surface area contributed by atoms with Crippen LogP contribution in [-0.4, -0.2) is 37.3 Å². The predicted molar refractivity (Wildman–Crippen MR) is 123 cm³/mol. The van der Waals surface area contributed by atoms with E-state index in [2.05, 4.69) is 10.3 Å². The molecule has 174 valence electrons. The number of allylic oxidation sites excluding steroid dienone is 1. The lowest BCUT2D eigenvalue weighted by Crippen LogP contribution is -2.15. The van der Waals surface area contributed by atoms with Crippen LogP contribution in [0.3, 0.4) is 0 Å². The summed E-state index contributed by atoms with van der Waals surface area (Å²) in [6, 6.07) is 6.60. The zero-order valence-electron chi connectivity index (χ0n) is 17.9. The van der Waals surface area contributed by atoms with Crippen molar-refractivity contribution in [2.24, 2.45) is 5.92 Å². The minimum atomic E-state index is -3.28. The van der Waals surface area contributed by atoms with Gasteiger partial charge in [-0.25, -0.2) is 18.2 Å². The molecule has 2 saturated carbocycles. The molecule has 10 heteroatoms. The Hall–Kier alpha value is -2.72. The number of hydrogen-bond donors (Lipinski definition) is 1. The Bertz CT molecular complexity index is 1190. The molecule has 3 aliphatic rings. The van der Waals surface area contributed by atoms with Gasteiger partial charge < -0.3 is 9.47 Å². The van der Waals surface area contributed by atoms with Crippen molar-refractivity contribution in [3.05, 3.63) is 47.0 Å². The fourth-order valence-corrected chi connectivity index (χ4v) is 6.59. The van der Waals surface area contributed by atoms with E-state index in [0.717, 1.165) is 25.7 Å². The number of amides is 1. The number of aromatic nitrogens is 1. The number of rotatable bonds is 7. The SMILES string of the molecule is O=C1OCC(c2csc(NC(=O)C(=CC3CCCC3)c3ccc(S(=O)(=O)C4CC4)cc3)n2)O1. The van der Waals surface area contributed by atoms with Crippen LogP contribution in [0.1, 0.15) is 55.9 Å². The van der Waals surface area contributed by atoms with Crippen LogP contribution < -0.4 is 5.32 Å². The maximum atomic E-state index is 13.2. The van der Waals surface area contributed by atoms with Gasteiger partial charge >= 0.3 is 6.16 Å². The van der Waals surface area contributed by atoms with Crippen LogP contribution in [0.4, 0.5) is 9.93 Å². The van der Waals surface area contributed by atoms with Gasteiger partial charge in [-0.1, -0.05) is 31.1 Å². The summed E-state index contributed by atoms with van der Waals surface area (Å²) in [4.78, 5) is 29.1. The zero-order valence-corrected chi connectivity index (χ0v) is 19.5. The smallest absolute Gasteiger partial charge is 0.430 e. The Kier molecular flexibility index (Phi) is 5.96. The minimum absolute atomic E-state index is 0.0961. The van der Waals surface area contributed by atoms with Gasteiger partial charge in [-0.15, -0.1) is 11.3 Å². The fraction of sp³-hybridized carbons (Fsp3) is 0.435. The van der Waals surface area contributed by atoms with Crippen molar-refractivity contribution in [2.45, 2.75) is 54.8 Å². The molecule has 0 radical (unpaired) electrons. The summed E-state index contributed by atoms with van der Waals surface area (Å²) < 4.78 is 34.9. The second-order valence-corrected chi connectivity index (χ2v) is 11.7. The molecule has 2 heterocycles. The normalized spacial score (nSPS) is 21.6. The molecule has 1 N–H and O–H groups in total. The molecule has 1 atom stereocenters. The van der Waals surface area contributed by atoms with Crippen molar-refractivity contribution in [3.8, 4) is 0 Å². The van der Waals surface area contributed by atoms with Gasteiger partial charge in [0, 0.05) is 11.0 Å². The number of nitrogens with one attached hydrogen (secondary N) is 1.